The van der Waals surface area contributed by atoms with E-state index < -0.39 is 0 Å². The fraction of sp³-hybridized carbons (Fsp3) is 0.625. The van der Waals surface area contributed by atoms with E-state index in [1.165, 1.54) is 44.6 Å². The van der Waals surface area contributed by atoms with E-state index in [0.717, 1.165) is 11.5 Å². The van der Waals surface area contributed by atoms with Crippen molar-refractivity contribution in [3.63, 3.8) is 0 Å². The second-order valence-corrected chi connectivity index (χ2v) is 5.77. The predicted octanol–water partition coefficient (Wildman–Crippen LogP) is 3.94. The zero-order valence-electron chi connectivity index (χ0n) is 11.7. The monoisotopic (exact) mass is 264 g/mol. The Morgan fingerprint density at radius 3 is 2.63 bits per heavy atom. The summed E-state index contributed by atoms with van der Waals surface area (Å²) >= 11 is 0. The standard InChI is InChI=1S/C16H25FN2/c1-2-4-12-7-9-13(10-8-12)16(19-18)14-5-3-6-15(17)11-14/h3,5-6,11-13,16,19H,2,4,7-10,18H2,1H3. The van der Waals surface area contributed by atoms with E-state index in [9.17, 15) is 4.39 Å². The third kappa shape index (κ3) is 3.77. The lowest BCUT2D eigenvalue weighted by Crippen LogP contribution is -2.35. The molecule has 106 valence electrons. The highest BCUT2D eigenvalue weighted by Gasteiger charge is 2.27. The average Bonchev–Trinajstić information content (AvgIpc) is 2.42. The fourth-order valence-electron chi connectivity index (χ4n) is 3.42. The summed E-state index contributed by atoms with van der Waals surface area (Å²) in [5.41, 5.74) is 3.87. The van der Waals surface area contributed by atoms with Crippen molar-refractivity contribution in [2.75, 3.05) is 0 Å². The van der Waals surface area contributed by atoms with Crippen LogP contribution in [0.4, 0.5) is 4.39 Å². The van der Waals surface area contributed by atoms with Gasteiger partial charge in [0.1, 0.15) is 5.82 Å². The van der Waals surface area contributed by atoms with Gasteiger partial charge in [-0.2, -0.15) is 0 Å². The molecule has 0 aromatic heterocycles. The topological polar surface area (TPSA) is 38.0 Å². The van der Waals surface area contributed by atoms with E-state index in [1.54, 1.807) is 12.1 Å². The number of halogens is 1. The minimum absolute atomic E-state index is 0.0817. The van der Waals surface area contributed by atoms with E-state index in [-0.39, 0.29) is 11.9 Å². The number of benzene rings is 1. The van der Waals surface area contributed by atoms with Crippen LogP contribution in [0, 0.1) is 17.7 Å². The van der Waals surface area contributed by atoms with Gasteiger partial charge in [0, 0.05) is 6.04 Å². The van der Waals surface area contributed by atoms with Crippen molar-refractivity contribution < 1.29 is 4.39 Å². The largest absolute Gasteiger partial charge is 0.271 e. The molecule has 1 saturated carbocycles. The van der Waals surface area contributed by atoms with Gasteiger partial charge >= 0.3 is 0 Å². The van der Waals surface area contributed by atoms with Gasteiger partial charge in [-0.15, -0.1) is 0 Å². The van der Waals surface area contributed by atoms with Crippen LogP contribution >= 0.6 is 0 Å². The fourth-order valence-corrected chi connectivity index (χ4v) is 3.42. The van der Waals surface area contributed by atoms with Gasteiger partial charge in [0.2, 0.25) is 0 Å². The summed E-state index contributed by atoms with van der Waals surface area (Å²) in [6.07, 6.45) is 7.56. The van der Waals surface area contributed by atoms with Crippen LogP contribution in [0.1, 0.15) is 57.1 Å². The summed E-state index contributed by atoms with van der Waals surface area (Å²) in [6.45, 7) is 2.25. The van der Waals surface area contributed by atoms with Gasteiger partial charge in [0.25, 0.3) is 0 Å². The molecule has 0 saturated heterocycles. The SMILES string of the molecule is CCCC1CCC(C(NN)c2cccc(F)c2)CC1. The minimum atomic E-state index is -0.183. The molecule has 0 aliphatic heterocycles. The molecule has 2 nitrogen and oxygen atoms in total. The molecule has 1 aliphatic carbocycles. The molecular formula is C16H25FN2. The molecule has 19 heavy (non-hydrogen) atoms. The van der Waals surface area contributed by atoms with Crippen molar-refractivity contribution in [2.45, 2.75) is 51.5 Å². The Morgan fingerprint density at radius 2 is 2.05 bits per heavy atom. The quantitative estimate of drug-likeness (QED) is 0.624. The maximum absolute atomic E-state index is 13.3. The molecule has 0 amide bonds. The Hall–Kier alpha value is -0.930. The van der Waals surface area contributed by atoms with Crippen LogP contribution in [-0.2, 0) is 0 Å². The molecule has 1 fully saturated rings. The molecule has 1 unspecified atom stereocenters. The van der Waals surface area contributed by atoms with Gasteiger partial charge in [-0.05, 0) is 42.4 Å². The first-order valence-corrected chi connectivity index (χ1v) is 7.46. The van der Waals surface area contributed by atoms with Crippen molar-refractivity contribution in [1.82, 2.24) is 5.43 Å². The van der Waals surface area contributed by atoms with Crippen molar-refractivity contribution in [3.8, 4) is 0 Å². The van der Waals surface area contributed by atoms with Crippen LogP contribution in [0.5, 0.6) is 0 Å². The molecule has 3 heteroatoms. The molecule has 0 spiro atoms. The number of rotatable bonds is 5. The van der Waals surface area contributed by atoms with Gasteiger partial charge in [0.15, 0.2) is 0 Å². The normalized spacial score (nSPS) is 25.2. The highest BCUT2D eigenvalue weighted by atomic mass is 19.1. The molecule has 1 aromatic rings. The molecular weight excluding hydrogens is 239 g/mol. The first-order valence-electron chi connectivity index (χ1n) is 7.46. The van der Waals surface area contributed by atoms with Crippen LogP contribution in [0.25, 0.3) is 0 Å². The number of nitrogens with one attached hydrogen (secondary N) is 1. The third-order valence-corrected chi connectivity index (χ3v) is 4.45. The maximum atomic E-state index is 13.3. The number of nitrogens with two attached hydrogens (primary N) is 1. The molecule has 1 aromatic carbocycles. The van der Waals surface area contributed by atoms with Gasteiger partial charge in [-0.25, -0.2) is 4.39 Å². The number of hydrazine groups is 1. The lowest BCUT2D eigenvalue weighted by atomic mass is 9.75. The van der Waals surface area contributed by atoms with Crippen LogP contribution in [0.3, 0.4) is 0 Å². The predicted molar refractivity (Wildman–Crippen MR) is 76.8 cm³/mol. The molecule has 0 radical (unpaired) electrons. The van der Waals surface area contributed by atoms with Crippen LogP contribution in [0.2, 0.25) is 0 Å². The molecule has 0 heterocycles. The van der Waals surface area contributed by atoms with E-state index in [1.807, 2.05) is 6.07 Å². The summed E-state index contributed by atoms with van der Waals surface area (Å²) < 4.78 is 13.3. The Labute approximate surface area is 115 Å². The number of hydrogen-bond donors (Lipinski definition) is 2. The summed E-state index contributed by atoms with van der Waals surface area (Å²) in [7, 11) is 0. The Kier molecular flexibility index (Phi) is 5.34. The third-order valence-electron chi connectivity index (χ3n) is 4.45. The maximum Gasteiger partial charge on any atom is 0.123 e. The van der Waals surface area contributed by atoms with E-state index in [2.05, 4.69) is 12.3 Å². The first-order chi connectivity index (χ1) is 9.24. The lowest BCUT2D eigenvalue weighted by molar-refractivity contribution is 0.215. The summed E-state index contributed by atoms with van der Waals surface area (Å²) in [6, 6.07) is 6.89. The zero-order valence-corrected chi connectivity index (χ0v) is 11.7. The van der Waals surface area contributed by atoms with Crippen LogP contribution in [-0.4, -0.2) is 0 Å². The highest BCUT2D eigenvalue weighted by molar-refractivity contribution is 5.21. The summed E-state index contributed by atoms with van der Waals surface area (Å²) in [5.74, 6) is 6.93. The first kappa shape index (κ1) is 14.5. The van der Waals surface area contributed by atoms with Gasteiger partial charge in [-0.3, -0.25) is 11.3 Å². The van der Waals surface area contributed by atoms with Crippen molar-refractivity contribution in [2.24, 2.45) is 17.7 Å². The zero-order chi connectivity index (χ0) is 13.7. The van der Waals surface area contributed by atoms with Crippen LogP contribution < -0.4 is 11.3 Å². The second kappa shape index (κ2) is 7.01. The van der Waals surface area contributed by atoms with Crippen molar-refractivity contribution in [1.29, 1.82) is 0 Å². The van der Waals surface area contributed by atoms with E-state index in [0.29, 0.717) is 5.92 Å². The summed E-state index contributed by atoms with van der Waals surface area (Å²) in [5, 5.41) is 0. The van der Waals surface area contributed by atoms with E-state index in [4.69, 9.17) is 5.84 Å². The lowest BCUT2D eigenvalue weighted by Gasteiger charge is -2.33. The average molecular weight is 264 g/mol. The molecule has 2 rings (SSSR count). The molecule has 1 atom stereocenters. The Morgan fingerprint density at radius 1 is 1.32 bits per heavy atom. The summed E-state index contributed by atoms with van der Waals surface area (Å²) in [4.78, 5) is 0. The van der Waals surface area contributed by atoms with Gasteiger partial charge in [0.05, 0.1) is 0 Å². The minimum Gasteiger partial charge on any atom is -0.271 e. The number of hydrogen-bond acceptors (Lipinski definition) is 2. The van der Waals surface area contributed by atoms with Gasteiger partial charge < -0.3 is 0 Å². The van der Waals surface area contributed by atoms with Crippen molar-refractivity contribution >= 4 is 0 Å². The van der Waals surface area contributed by atoms with Crippen LogP contribution in [0.15, 0.2) is 24.3 Å². The van der Waals surface area contributed by atoms with Gasteiger partial charge in [-0.1, -0.05) is 44.7 Å². The Balaban J connectivity index is 1.99. The molecule has 0 bridgehead atoms. The van der Waals surface area contributed by atoms with E-state index >= 15 is 0 Å². The second-order valence-electron chi connectivity index (χ2n) is 5.77. The Bertz CT molecular complexity index is 386. The molecule has 3 N–H and O–H groups in total. The molecule has 1 aliphatic rings. The van der Waals surface area contributed by atoms with Crippen molar-refractivity contribution in [3.05, 3.63) is 35.6 Å². The smallest absolute Gasteiger partial charge is 0.123 e. The highest BCUT2D eigenvalue weighted by Crippen LogP contribution is 2.38.